The number of rotatable bonds is 5. The molecule has 0 bridgehead atoms. The molecule has 138 valence electrons. The molecular weight excluding hydrogens is 387 g/mol. The van der Waals surface area contributed by atoms with Crippen molar-refractivity contribution < 1.29 is 9.59 Å². The monoisotopic (exact) mass is 402 g/mol. The topological polar surface area (TPSA) is 67.2 Å². The number of carbonyl (C=O) groups excluding carboxylic acids is 2. The summed E-state index contributed by atoms with van der Waals surface area (Å²) in [6.45, 7) is -0.103. The molecule has 0 saturated carbocycles. The number of hydrogen-bond donors (Lipinski definition) is 1. The standard InChI is InChI=1S/C19H16Cl2N4O2/c1-24(12-18(26)23-16-6-2-4-14(20)8-16)19(27)13-10-22-25(11-13)17-7-3-5-15(21)9-17/h2-11H,12H2,1H3,(H,23,26). The van der Waals surface area contributed by atoms with Crippen LogP contribution in [0, 0.1) is 0 Å². The predicted molar refractivity (Wildman–Crippen MR) is 106 cm³/mol. The molecule has 2 amide bonds. The first kappa shape index (κ1) is 18.9. The van der Waals surface area contributed by atoms with E-state index in [2.05, 4.69) is 10.4 Å². The van der Waals surface area contributed by atoms with Crippen molar-refractivity contribution in [3.8, 4) is 5.69 Å². The number of nitrogens with zero attached hydrogens (tertiary/aromatic N) is 3. The third-order valence-corrected chi connectivity index (χ3v) is 4.21. The van der Waals surface area contributed by atoms with Crippen molar-refractivity contribution in [2.75, 3.05) is 18.9 Å². The van der Waals surface area contributed by atoms with Gasteiger partial charge < -0.3 is 10.2 Å². The lowest BCUT2D eigenvalue weighted by Gasteiger charge is -2.16. The van der Waals surface area contributed by atoms with Crippen LogP contribution in [0.2, 0.25) is 10.0 Å². The first-order valence-electron chi connectivity index (χ1n) is 8.04. The van der Waals surface area contributed by atoms with Gasteiger partial charge in [-0.05, 0) is 36.4 Å². The molecule has 3 rings (SSSR count). The van der Waals surface area contributed by atoms with Gasteiger partial charge in [-0.1, -0.05) is 35.3 Å². The average Bonchev–Trinajstić information content (AvgIpc) is 3.11. The Kier molecular flexibility index (Phi) is 5.78. The summed E-state index contributed by atoms with van der Waals surface area (Å²) in [4.78, 5) is 26.0. The Morgan fingerprint density at radius 3 is 2.52 bits per heavy atom. The van der Waals surface area contributed by atoms with E-state index in [1.807, 2.05) is 6.07 Å². The molecule has 1 heterocycles. The van der Waals surface area contributed by atoms with E-state index < -0.39 is 0 Å². The zero-order valence-corrected chi connectivity index (χ0v) is 15.9. The summed E-state index contributed by atoms with van der Waals surface area (Å²) in [5.74, 6) is -0.639. The third kappa shape index (κ3) is 4.87. The second-order valence-electron chi connectivity index (χ2n) is 5.87. The van der Waals surface area contributed by atoms with Crippen molar-refractivity contribution in [2.24, 2.45) is 0 Å². The van der Waals surface area contributed by atoms with Gasteiger partial charge in [0.25, 0.3) is 5.91 Å². The quantitative estimate of drug-likeness (QED) is 0.703. The zero-order chi connectivity index (χ0) is 19.4. The van der Waals surface area contributed by atoms with Crippen LogP contribution in [0.4, 0.5) is 5.69 Å². The predicted octanol–water partition coefficient (Wildman–Crippen LogP) is 3.89. The van der Waals surface area contributed by atoms with Gasteiger partial charge >= 0.3 is 0 Å². The Labute approximate surface area is 166 Å². The Bertz CT molecular complexity index is 987. The summed E-state index contributed by atoms with van der Waals surface area (Å²) in [7, 11) is 1.55. The molecule has 0 fully saturated rings. The lowest BCUT2D eigenvalue weighted by molar-refractivity contribution is -0.116. The molecule has 0 radical (unpaired) electrons. The minimum absolute atomic E-state index is 0.103. The third-order valence-electron chi connectivity index (χ3n) is 3.74. The van der Waals surface area contributed by atoms with Gasteiger partial charge in [0.1, 0.15) is 0 Å². The van der Waals surface area contributed by atoms with Crippen molar-refractivity contribution >= 4 is 40.7 Å². The average molecular weight is 403 g/mol. The second-order valence-corrected chi connectivity index (χ2v) is 6.75. The van der Waals surface area contributed by atoms with Gasteiger partial charge in [-0.25, -0.2) is 4.68 Å². The maximum atomic E-state index is 12.5. The molecule has 0 saturated heterocycles. The van der Waals surface area contributed by atoms with Gasteiger partial charge in [-0.15, -0.1) is 0 Å². The molecule has 0 unspecified atom stereocenters. The lowest BCUT2D eigenvalue weighted by atomic mass is 10.3. The first-order valence-corrected chi connectivity index (χ1v) is 8.79. The molecule has 1 N–H and O–H groups in total. The molecule has 3 aromatic rings. The molecule has 1 aromatic heterocycles. The number of anilines is 1. The number of hydrogen-bond acceptors (Lipinski definition) is 3. The fourth-order valence-corrected chi connectivity index (χ4v) is 2.84. The van der Waals surface area contributed by atoms with Crippen LogP contribution in [0.25, 0.3) is 5.69 Å². The highest BCUT2D eigenvalue weighted by molar-refractivity contribution is 6.31. The second kappa shape index (κ2) is 8.24. The Balaban J connectivity index is 1.64. The minimum atomic E-state index is -0.324. The number of benzene rings is 2. The highest BCUT2D eigenvalue weighted by atomic mass is 35.5. The first-order chi connectivity index (χ1) is 12.9. The number of aromatic nitrogens is 2. The fourth-order valence-electron chi connectivity index (χ4n) is 2.47. The number of amides is 2. The van der Waals surface area contributed by atoms with E-state index in [4.69, 9.17) is 23.2 Å². The summed E-state index contributed by atoms with van der Waals surface area (Å²) in [5.41, 5.74) is 1.68. The Hall–Kier alpha value is -2.83. The SMILES string of the molecule is CN(CC(=O)Nc1cccc(Cl)c1)C(=O)c1cnn(-c2cccc(Cl)c2)c1. The van der Waals surface area contributed by atoms with Gasteiger partial charge in [0.05, 0.1) is 24.0 Å². The summed E-state index contributed by atoms with van der Waals surface area (Å²) in [5, 5.41) is 7.98. The van der Waals surface area contributed by atoms with E-state index >= 15 is 0 Å². The van der Waals surface area contributed by atoms with E-state index in [9.17, 15) is 9.59 Å². The minimum Gasteiger partial charge on any atom is -0.332 e. The number of likely N-dealkylation sites (N-methyl/N-ethyl adjacent to an activating group) is 1. The van der Waals surface area contributed by atoms with Gasteiger partial charge in [0.2, 0.25) is 5.91 Å². The van der Waals surface area contributed by atoms with Gasteiger partial charge in [-0.2, -0.15) is 5.10 Å². The molecule has 6 nitrogen and oxygen atoms in total. The van der Waals surface area contributed by atoms with Crippen LogP contribution in [0.15, 0.2) is 60.9 Å². The molecule has 0 aliphatic rings. The molecule has 8 heteroatoms. The molecular formula is C19H16Cl2N4O2. The summed E-state index contributed by atoms with van der Waals surface area (Å²) in [6, 6.07) is 13.9. The lowest BCUT2D eigenvalue weighted by Crippen LogP contribution is -2.34. The molecule has 0 aliphatic carbocycles. The zero-order valence-electron chi connectivity index (χ0n) is 14.4. The molecule has 27 heavy (non-hydrogen) atoms. The highest BCUT2D eigenvalue weighted by Crippen LogP contribution is 2.16. The maximum absolute atomic E-state index is 12.5. The molecule has 0 atom stereocenters. The van der Waals surface area contributed by atoms with Crippen LogP contribution >= 0.6 is 23.2 Å². The molecule has 0 aliphatic heterocycles. The Morgan fingerprint density at radius 2 is 1.81 bits per heavy atom. The normalized spacial score (nSPS) is 10.5. The van der Waals surface area contributed by atoms with E-state index in [0.717, 1.165) is 5.69 Å². The van der Waals surface area contributed by atoms with Gasteiger partial charge in [-0.3, -0.25) is 9.59 Å². The van der Waals surface area contributed by atoms with Gasteiger partial charge in [0.15, 0.2) is 0 Å². The van der Waals surface area contributed by atoms with E-state index in [-0.39, 0.29) is 18.4 Å². The Morgan fingerprint density at radius 1 is 1.11 bits per heavy atom. The van der Waals surface area contributed by atoms with Crippen LogP contribution in [-0.2, 0) is 4.79 Å². The van der Waals surface area contributed by atoms with Gasteiger partial charge in [0, 0.05) is 29.0 Å². The molecule has 0 spiro atoms. The summed E-state index contributed by atoms with van der Waals surface area (Å²) < 4.78 is 1.55. The van der Waals surface area contributed by atoms with Crippen molar-refractivity contribution in [2.45, 2.75) is 0 Å². The van der Waals surface area contributed by atoms with E-state index in [1.165, 1.54) is 11.1 Å². The number of halogens is 2. The summed E-state index contributed by atoms with van der Waals surface area (Å²) >= 11 is 11.9. The number of carbonyl (C=O) groups is 2. The summed E-state index contributed by atoms with van der Waals surface area (Å²) in [6.07, 6.45) is 3.05. The fraction of sp³-hybridized carbons (Fsp3) is 0.105. The van der Waals surface area contributed by atoms with Crippen molar-refractivity contribution in [3.05, 3.63) is 76.5 Å². The molecule has 2 aromatic carbocycles. The maximum Gasteiger partial charge on any atom is 0.257 e. The van der Waals surface area contributed by atoms with E-state index in [1.54, 1.807) is 60.4 Å². The smallest absolute Gasteiger partial charge is 0.257 e. The van der Waals surface area contributed by atoms with Crippen molar-refractivity contribution in [1.82, 2.24) is 14.7 Å². The van der Waals surface area contributed by atoms with Crippen LogP contribution in [0.1, 0.15) is 10.4 Å². The van der Waals surface area contributed by atoms with Crippen LogP contribution < -0.4 is 5.32 Å². The largest absolute Gasteiger partial charge is 0.332 e. The van der Waals surface area contributed by atoms with Crippen LogP contribution in [0.3, 0.4) is 0 Å². The van der Waals surface area contributed by atoms with E-state index in [0.29, 0.717) is 21.3 Å². The van der Waals surface area contributed by atoms with Crippen molar-refractivity contribution in [1.29, 1.82) is 0 Å². The highest BCUT2D eigenvalue weighted by Gasteiger charge is 2.17. The van der Waals surface area contributed by atoms with Crippen LogP contribution in [-0.4, -0.2) is 40.1 Å². The van der Waals surface area contributed by atoms with Crippen LogP contribution in [0.5, 0.6) is 0 Å². The number of nitrogens with one attached hydrogen (secondary N) is 1. The van der Waals surface area contributed by atoms with Crippen molar-refractivity contribution in [3.63, 3.8) is 0 Å².